The van der Waals surface area contributed by atoms with Crippen LogP contribution in [0.15, 0.2) is 42.6 Å². The van der Waals surface area contributed by atoms with Crippen LogP contribution in [0.4, 0.5) is 5.69 Å². The van der Waals surface area contributed by atoms with Crippen molar-refractivity contribution in [3.05, 3.63) is 58.4 Å². The van der Waals surface area contributed by atoms with Gasteiger partial charge in [0.1, 0.15) is 5.75 Å². The molecule has 1 aliphatic rings. The standard InChI is InChI=1S/C18H21N3O6S/c1-20-11-2-3-13(20)10-12-28(25,26)19-17-9-8-16(17)18(22)27-15-6-4-14(5-7-15)21(23)24/h2-7,11,16-17,19H,8-10,12H2,1H3. The molecular weight excluding hydrogens is 386 g/mol. The fourth-order valence-electron chi connectivity index (χ4n) is 3.04. The Morgan fingerprint density at radius 1 is 1.29 bits per heavy atom. The summed E-state index contributed by atoms with van der Waals surface area (Å²) in [6.45, 7) is 0. The zero-order chi connectivity index (χ0) is 20.3. The smallest absolute Gasteiger partial charge is 0.315 e. The Morgan fingerprint density at radius 3 is 2.54 bits per heavy atom. The van der Waals surface area contributed by atoms with Crippen molar-refractivity contribution in [3.63, 3.8) is 0 Å². The minimum absolute atomic E-state index is 0.0640. The normalized spacial score (nSPS) is 19.0. The van der Waals surface area contributed by atoms with Crippen molar-refractivity contribution in [2.45, 2.75) is 25.3 Å². The van der Waals surface area contributed by atoms with Crippen LogP contribution in [0.25, 0.3) is 0 Å². The van der Waals surface area contributed by atoms with Gasteiger partial charge in [0, 0.05) is 43.5 Å². The van der Waals surface area contributed by atoms with Gasteiger partial charge < -0.3 is 9.30 Å². The van der Waals surface area contributed by atoms with Crippen LogP contribution in [0.2, 0.25) is 0 Å². The summed E-state index contributed by atoms with van der Waals surface area (Å²) < 4.78 is 34.3. The van der Waals surface area contributed by atoms with E-state index in [0.717, 1.165) is 5.69 Å². The van der Waals surface area contributed by atoms with Gasteiger partial charge in [-0.15, -0.1) is 0 Å². The highest BCUT2D eigenvalue weighted by Crippen LogP contribution is 2.30. The monoisotopic (exact) mass is 407 g/mol. The second kappa shape index (κ2) is 8.11. The molecule has 2 unspecified atom stereocenters. The predicted molar refractivity (Wildman–Crippen MR) is 101 cm³/mol. The van der Waals surface area contributed by atoms with Crippen LogP contribution >= 0.6 is 0 Å². The number of carbonyl (C=O) groups excluding carboxylic acids is 1. The quantitative estimate of drug-likeness (QED) is 0.308. The maximum Gasteiger partial charge on any atom is 0.315 e. The van der Waals surface area contributed by atoms with Crippen molar-refractivity contribution in [2.24, 2.45) is 13.0 Å². The highest BCUT2D eigenvalue weighted by atomic mass is 32.2. The number of rotatable bonds is 8. The molecule has 0 amide bonds. The summed E-state index contributed by atoms with van der Waals surface area (Å²) >= 11 is 0. The second-order valence-electron chi connectivity index (χ2n) is 6.76. The first-order valence-corrected chi connectivity index (χ1v) is 10.5. The average Bonchev–Trinajstić information content (AvgIpc) is 3.03. The Kier molecular flexibility index (Phi) is 5.80. The molecule has 10 heteroatoms. The number of nitro benzene ring substituents is 1. The Labute approximate surface area is 162 Å². The van der Waals surface area contributed by atoms with Crippen molar-refractivity contribution >= 4 is 21.7 Å². The first-order chi connectivity index (χ1) is 13.2. The van der Waals surface area contributed by atoms with E-state index in [2.05, 4.69) is 4.72 Å². The first kappa shape index (κ1) is 20.0. The van der Waals surface area contributed by atoms with Gasteiger partial charge in [-0.3, -0.25) is 14.9 Å². The Hall–Kier alpha value is -2.72. The fourth-order valence-corrected chi connectivity index (χ4v) is 4.37. The molecule has 1 fully saturated rings. The largest absolute Gasteiger partial charge is 0.426 e. The van der Waals surface area contributed by atoms with Crippen LogP contribution in [-0.4, -0.2) is 35.7 Å². The Morgan fingerprint density at radius 2 is 2.00 bits per heavy atom. The molecule has 150 valence electrons. The van der Waals surface area contributed by atoms with E-state index in [1.807, 2.05) is 29.9 Å². The molecule has 0 saturated heterocycles. The Bertz CT molecular complexity index is 967. The number of ether oxygens (including phenoxy) is 1. The number of nitro groups is 1. The Balaban J connectivity index is 1.53. The lowest BCUT2D eigenvalue weighted by Gasteiger charge is -2.34. The van der Waals surface area contributed by atoms with Crippen molar-refractivity contribution in [1.82, 2.24) is 9.29 Å². The molecule has 9 nitrogen and oxygen atoms in total. The third kappa shape index (κ3) is 4.76. The number of nitrogens with zero attached hydrogens (tertiary/aromatic N) is 2. The van der Waals surface area contributed by atoms with Gasteiger partial charge in [0.25, 0.3) is 5.69 Å². The van der Waals surface area contributed by atoms with Gasteiger partial charge in [-0.2, -0.15) is 0 Å². The summed E-state index contributed by atoms with van der Waals surface area (Å²) in [6, 6.07) is 8.39. The molecular formula is C18H21N3O6S. The summed E-state index contributed by atoms with van der Waals surface area (Å²) in [4.78, 5) is 22.4. The van der Waals surface area contributed by atoms with Crippen LogP contribution in [0, 0.1) is 16.0 Å². The lowest BCUT2D eigenvalue weighted by atomic mass is 9.80. The highest BCUT2D eigenvalue weighted by molar-refractivity contribution is 7.89. The van der Waals surface area contributed by atoms with Gasteiger partial charge in [-0.1, -0.05) is 0 Å². The lowest BCUT2D eigenvalue weighted by molar-refractivity contribution is -0.384. The van der Waals surface area contributed by atoms with E-state index in [0.29, 0.717) is 19.3 Å². The third-order valence-electron chi connectivity index (χ3n) is 4.85. The zero-order valence-corrected chi connectivity index (χ0v) is 16.1. The summed E-state index contributed by atoms with van der Waals surface area (Å²) in [7, 11) is -1.68. The molecule has 0 bridgehead atoms. The van der Waals surface area contributed by atoms with Crippen LogP contribution in [0.1, 0.15) is 18.5 Å². The van der Waals surface area contributed by atoms with Gasteiger partial charge >= 0.3 is 5.97 Å². The van der Waals surface area contributed by atoms with Crippen molar-refractivity contribution in [1.29, 1.82) is 0 Å². The first-order valence-electron chi connectivity index (χ1n) is 8.81. The molecule has 1 aromatic carbocycles. The summed E-state index contributed by atoms with van der Waals surface area (Å²) in [6.07, 6.45) is 3.31. The highest BCUT2D eigenvalue weighted by Gasteiger charge is 2.40. The number of sulfonamides is 1. The average molecular weight is 407 g/mol. The number of aryl methyl sites for hydroxylation is 2. The molecule has 2 atom stereocenters. The maximum absolute atomic E-state index is 12.3. The topological polar surface area (TPSA) is 121 Å². The van der Waals surface area contributed by atoms with E-state index in [9.17, 15) is 23.3 Å². The maximum atomic E-state index is 12.3. The number of aromatic nitrogens is 1. The number of benzene rings is 1. The number of carbonyl (C=O) groups is 1. The lowest BCUT2D eigenvalue weighted by Crippen LogP contribution is -2.51. The second-order valence-corrected chi connectivity index (χ2v) is 8.63. The van der Waals surface area contributed by atoms with Gasteiger partial charge in [-0.25, -0.2) is 13.1 Å². The molecule has 0 aliphatic heterocycles. The molecule has 1 aliphatic carbocycles. The number of hydrogen-bond donors (Lipinski definition) is 1. The van der Waals surface area contributed by atoms with E-state index in [-0.39, 0.29) is 17.2 Å². The van der Waals surface area contributed by atoms with Crippen LogP contribution in [0.5, 0.6) is 5.75 Å². The van der Waals surface area contributed by atoms with Crippen LogP contribution < -0.4 is 9.46 Å². The molecule has 1 N–H and O–H groups in total. The molecule has 0 radical (unpaired) electrons. The number of non-ortho nitro benzene ring substituents is 1. The van der Waals surface area contributed by atoms with Crippen LogP contribution in [0.3, 0.4) is 0 Å². The molecule has 3 rings (SSSR count). The molecule has 1 heterocycles. The number of nitrogens with one attached hydrogen (secondary N) is 1. The van der Waals surface area contributed by atoms with Gasteiger partial charge in [0.2, 0.25) is 10.0 Å². The summed E-state index contributed by atoms with van der Waals surface area (Å²) in [5, 5.41) is 10.7. The van der Waals surface area contributed by atoms with Crippen molar-refractivity contribution in [2.75, 3.05) is 5.75 Å². The SMILES string of the molecule is Cn1cccc1CCS(=O)(=O)NC1CCC1C(=O)Oc1ccc([N+](=O)[O-])cc1. The summed E-state index contributed by atoms with van der Waals surface area (Å²) in [5.41, 5.74) is 0.806. The van der Waals surface area contributed by atoms with Gasteiger partial charge in [-0.05, 0) is 37.1 Å². The minimum atomic E-state index is -3.54. The molecule has 1 saturated carbocycles. The number of esters is 1. The van der Waals surface area contributed by atoms with E-state index in [4.69, 9.17) is 4.74 Å². The molecule has 2 aromatic rings. The fraction of sp³-hybridized carbons (Fsp3) is 0.389. The van der Waals surface area contributed by atoms with E-state index in [1.54, 1.807) is 0 Å². The third-order valence-corrected chi connectivity index (χ3v) is 6.26. The van der Waals surface area contributed by atoms with Crippen molar-refractivity contribution < 1.29 is 22.9 Å². The van der Waals surface area contributed by atoms with E-state index < -0.39 is 32.9 Å². The zero-order valence-electron chi connectivity index (χ0n) is 15.3. The molecule has 1 aromatic heterocycles. The molecule has 28 heavy (non-hydrogen) atoms. The van der Waals surface area contributed by atoms with Gasteiger partial charge in [0.05, 0.1) is 16.6 Å². The minimum Gasteiger partial charge on any atom is -0.426 e. The van der Waals surface area contributed by atoms with Gasteiger partial charge in [0.15, 0.2) is 0 Å². The number of hydrogen-bond acceptors (Lipinski definition) is 6. The van der Waals surface area contributed by atoms with E-state index in [1.165, 1.54) is 24.3 Å². The van der Waals surface area contributed by atoms with Crippen molar-refractivity contribution in [3.8, 4) is 5.75 Å². The predicted octanol–water partition coefficient (Wildman–Crippen LogP) is 1.78. The van der Waals surface area contributed by atoms with E-state index >= 15 is 0 Å². The van der Waals surface area contributed by atoms with Crippen LogP contribution in [-0.2, 0) is 28.3 Å². The summed E-state index contributed by atoms with van der Waals surface area (Å²) in [5.74, 6) is -0.992. The molecule has 0 spiro atoms.